The van der Waals surface area contributed by atoms with E-state index in [1.165, 1.54) is 10.4 Å². The van der Waals surface area contributed by atoms with Gasteiger partial charge in [0.25, 0.3) is 0 Å². The third-order valence-corrected chi connectivity index (χ3v) is 5.22. The van der Waals surface area contributed by atoms with E-state index in [1.54, 1.807) is 11.3 Å². The molecule has 1 aromatic carbocycles. The zero-order valence-corrected chi connectivity index (χ0v) is 15.4. The highest BCUT2D eigenvalue weighted by Crippen LogP contribution is 2.23. The minimum Gasteiger partial charge on any atom is -0.313 e. The van der Waals surface area contributed by atoms with Gasteiger partial charge >= 0.3 is 0 Å². The van der Waals surface area contributed by atoms with Crippen LogP contribution in [0.4, 0.5) is 0 Å². The van der Waals surface area contributed by atoms with Crippen molar-refractivity contribution < 1.29 is 0 Å². The molecular weight excluding hydrogens is 368 g/mol. The van der Waals surface area contributed by atoms with Crippen LogP contribution in [0.15, 0.2) is 40.9 Å². The Morgan fingerprint density at radius 3 is 2.52 bits per heavy atom. The van der Waals surface area contributed by atoms with Crippen LogP contribution >= 0.6 is 38.9 Å². The molecule has 1 N–H and O–H groups in total. The topological polar surface area (TPSA) is 15.3 Å². The molecule has 21 heavy (non-hydrogen) atoms. The molecule has 0 saturated carbocycles. The fourth-order valence-electron chi connectivity index (χ4n) is 2.30. The molecule has 0 radical (unpaired) electrons. The first kappa shape index (κ1) is 17.0. The lowest BCUT2D eigenvalue weighted by Gasteiger charge is -2.21. The van der Waals surface area contributed by atoms with Gasteiger partial charge in [-0.1, -0.05) is 39.7 Å². The number of thiophene rings is 1. The van der Waals surface area contributed by atoms with E-state index in [-0.39, 0.29) is 0 Å². The summed E-state index contributed by atoms with van der Waals surface area (Å²) in [6, 6.07) is 13.0. The summed E-state index contributed by atoms with van der Waals surface area (Å²) in [4.78, 5) is 3.65. The number of benzene rings is 1. The van der Waals surface area contributed by atoms with E-state index in [1.807, 2.05) is 13.1 Å². The fraction of sp³-hybridized carbons (Fsp3) is 0.375. The van der Waals surface area contributed by atoms with Crippen LogP contribution in [-0.4, -0.2) is 25.5 Å². The molecule has 0 aliphatic heterocycles. The van der Waals surface area contributed by atoms with E-state index in [4.69, 9.17) is 11.6 Å². The Morgan fingerprint density at radius 2 is 1.95 bits per heavy atom. The average Bonchev–Trinajstić information content (AvgIpc) is 2.86. The Balaban J connectivity index is 1.86. The number of nitrogens with one attached hydrogen (secondary N) is 1. The second kappa shape index (κ2) is 8.30. The minimum absolute atomic E-state index is 0.382. The van der Waals surface area contributed by atoms with Gasteiger partial charge in [0.2, 0.25) is 0 Å². The zero-order valence-electron chi connectivity index (χ0n) is 12.3. The maximum Gasteiger partial charge on any atom is 0.0931 e. The SMILES string of the molecule is CNC(CCN(C)Cc1ccc(Cl)s1)c1ccc(Br)cc1. The van der Waals surface area contributed by atoms with Gasteiger partial charge in [0, 0.05) is 28.5 Å². The molecule has 1 aromatic heterocycles. The molecule has 0 spiro atoms. The summed E-state index contributed by atoms with van der Waals surface area (Å²) in [6.07, 6.45) is 1.08. The van der Waals surface area contributed by atoms with E-state index in [9.17, 15) is 0 Å². The summed E-state index contributed by atoms with van der Waals surface area (Å²) in [5, 5.41) is 3.40. The van der Waals surface area contributed by atoms with Gasteiger partial charge in [-0.05, 0) is 50.3 Å². The zero-order chi connectivity index (χ0) is 15.2. The highest BCUT2D eigenvalue weighted by atomic mass is 79.9. The van der Waals surface area contributed by atoms with Crippen molar-refractivity contribution in [3.8, 4) is 0 Å². The Labute approximate surface area is 144 Å². The monoisotopic (exact) mass is 386 g/mol. The summed E-state index contributed by atoms with van der Waals surface area (Å²) in [7, 11) is 4.17. The van der Waals surface area contributed by atoms with Gasteiger partial charge in [-0.25, -0.2) is 0 Å². The Bertz CT molecular complexity index is 556. The Kier molecular flexibility index (Phi) is 6.71. The van der Waals surface area contributed by atoms with Crippen LogP contribution in [0.1, 0.15) is 22.9 Å². The van der Waals surface area contributed by atoms with Gasteiger partial charge in [-0.3, -0.25) is 0 Å². The molecule has 2 aromatic rings. The van der Waals surface area contributed by atoms with E-state index in [0.717, 1.165) is 28.3 Å². The quantitative estimate of drug-likeness (QED) is 0.723. The Hall–Kier alpha value is -0.390. The average molecular weight is 388 g/mol. The largest absolute Gasteiger partial charge is 0.313 e. The van der Waals surface area contributed by atoms with Crippen LogP contribution in [0, 0.1) is 0 Å². The molecule has 1 atom stereocenters. The van der Waals surface area contributed by atoms with E-state index >= 15 is 0 Å². The standard InChI is InChI=1S/C16H20BrClN2S/c1-19-15(12-3-5-13(17)6-4-12)9-10-20(2)11-14-7-8-16(18)21-14/h3-8,15,19H,9-11H2,1-2H3. The van der Waals surface area contributed by atoms with Crippen LogP contribution in [-0.2, 0) is 6.54 Å². The van der Waals surface area contributed by atoms with Crippen molar-refractivity contribution in [2.45, 2.75) is 19.0 Å². The van der Waals surface area contributed by atoms with Crippen molar-refractivity contribution in [1.82, 2.24) is 10.2 Å². The van der Waals surface area contributed by atoms with Crippen molar-refractivity contribution in [3.05, 3.63) is 55.6 Å². The first-order valence-electron chi connectivity index (χ1n) is 6.94. The van der Waals surface area contributed by atoms with Crippen molar-refractivity contribution >= 4 is 38.9 Å². The molecule has 2 rings (SSSR count). The molecule has 0 aliphatic carbocycles. The van der Waals surface area contributed by atoms with Crippen LogP contribution in [0.25, 0.3) is 0 Å². The van der Waals surface area contributed by atoms with Gasteiger partial charge < -0.3 is 10.2 Å². The summed E-state index contributed by atoms with van der Waals surface area (Å²) in [5.74, 6) is 0. The van der Waals surface area contributed by atoms with Gasteiger partial charge in [-0.2, -0.15) is 0 Å². The molecule has 0 aliphatic rings. The number of rotatable bonds is 7. The van der Waals surface area contributed by atoms with Crippen molar-refractivity contribution in [2.75, 3.05) is 20.6 Å². The normalized spacial score (nSPS) is 12.8. The van der Waals surface area contributed by atoms with Gasteiger partial charge in [0.1, 0.15) is 0 Å². The van der Waals surface area contributed by atoms with Crippen LogP contribution < -0.4 is 5.32 Å². The smallest absolute Gasteiger partial charge is 0.0931 e. The van der Waals surface area contributed by atoms with E-state index in [0.29, 0.717) is 6.04 Å². The predicted octanol–water partition coefficient (Wildman–Crippen LogP) is 4.95. The maximum atomic E-state index is 5.97. The first-order valence-corrected chi connectivity index (χ1v) is 8.92. The van der Waals surface area contributed by atoms with E-state index in [2.05, 4.69) is 63.5 Å². The molecule has 0 saturated heterocycles. The minimum atomic E-state index is 0.382. The number of nitrogens with zero attached hydrogens (tertiary/aromatic N) is 1. The van der Waals surface area contributed by atoms with Crippen molar-refractivity contribution in [3.63, 3.8) is 0 Å². The predicted molar refractivity (Wildman–Crippen MR) is 96.2 cm³/mol. The summed E-state index contributed by atoms with van der Waals surface area (Å²) in [6.45, 7) is 1.99. The third-order valence-electron chi connectivity index (χ3n) is 3.47. The van der Waals surface area contributed by atoms with Gasteiger partial charge in [-0.15, -0.1) is 11.3 Å². The molecular formula is C16H20BrClN2S. The van der Waals surface area contributed by atoms with Crippen LogP contribution in [0.5, 0.6) is 0 Å². The second-order valence-corrected chi connectivity index (χ2v) is 7.84. The third kappa shape index (κ3) is 5.38. The maximum absolute atomic E-state index is 5.97. The molecule has 0 fully saturated rings. The van der Waals surface area contributed by atoms with Crippen molar-refractivity contribution in [2.24, 2.45) is 0 Å². The Morgan fingerprint density at radius 1 is 1.24 bits per heavy atom. The molecule has 2 nitrogen and oxygen atoms in total. The number of hydrogen-bond acceptors (Lipinski definition) is 3. The molecule has 1 unspecified atom stereocenters. The molecule has 0 bridgehead atoms. The van der Waals surface area contributed by atoms with Gasteiger partial charge in [0.05, 0.1) is 4.34 Å². The fourth-order valence-corrected chi connectivity index (χ4v) is 3.74. The summed E-state index contributed by atoms with van der Waals surface area (Å²) >= 11 is 11.1. The lowest BCUT2D eigenvalue weighted by atomic mass is 10.0. The molecule has 0 amide bonds. The second-order valence-electron chi connectivity index (χ2n) is 5.13. The molecule has 1 heterocycles. The van der Waals surface area contributed by atoms with Crippen LogP contribution in [0.3, 0.4) is 0 Å². The van der Waals surface area contributed by atoms with Gasteiger partial charge in [0.15, 0.2) is 0 Å². The highest BCUT2D eigenvalue weighted by Gasteiger charge is 2.11. The lowest BCUT2D eigenvalue weighted by Crippen LogP contribution is -2.25. The van der Waals surface area contributed by atoms with E-state index < -0.39 is 0 Å². The molecule has 114 valence electrons. The first-order chi connectivity index (χ1) is 10.1. The molecule has 5 heteroatoms. The number of hydrogen-bond donors (Lipinski definition) is 1. The summed E-state index contributed by atoms with van der Waals surface area (Å²) < 4.78 is 1.98. The van der Waals surface area contributed by atoms with Crippen LogP contribution in [0.2, 0.25) is 4.34 Å². The lowest BCUT2D eigenvalue weighted by molar-refractivity contribution is 0.306. The van der Waals surface area contributed by atoms with Crippen molar-refractivity contribution in [1.29, 1.82) is 0 Å². The summed E-state index contributed by atoms with van der Waals surface area (Å²) in [5.41, 5.74) is 1.33. The highest BCUT2D eigenvalue weighted by molar-refractivity contribution is 9.10. The number of halogens is 2.